The lowest BCUT2D eigenvalue weighted by molar-refractivity contribution is 0.260. The lowest BCUT2D eigenvalue weighted by Gasteiger charge is -2.33. The van der Waals surface area contributed by atoms with Crippen LogP contribution in [0.4, 0.5) is 0 Å². The normalized spacial score (nSPS) is 19.2. The third-order valence-electron chi connectivity index (χ3n) is 4.15. The molecule has 0 nitrogen and oxygen atoms in total. The Labute approximate surface area is 121 Å². The molecule has 0 bridgehead atoms. The van der Waals surface area contributed by atoms with Crippen LogP contribution in [0.3, 0.4) is 0 Å². The summed E-state index contributed by atoms with van der Waals surface area (Å²) < 4.78 is 0. The van der Waals surface area contributed by atoms with Crippen molar-refractivity contribution in [3.05, 3.63) is 33.8 Å². The van der Waals surface area contributed by atoms with Gasteiger partial charge in [0, 0.05) is 10.0 Å². The molecule has 0 aromatic heterocycles. The maximum absolute atomic E-state index is 6.15. The predicted octanol–water partition coefficient (Wildman–Crippen LogP) is 6.31. The van der Waals surface area contributed by atoms with Crippen molar-refractivity contribution in [3.63, 3.8) is 0 Å². The van der Waals surface area contributed by atoms with Crippen molar-refractivity contribution >= 4 is 23.2 Å². The topological polar surface area (TPSA) is 0 Å². The van der Waals surface area contributed by atoms with E-state index in [0.29, 0.717) is 11.8 Å². The van der Waals surface area contributed by atoms with Crippen molar-refractivity contribution in [3.8, 4) is 0 Å². The molecule has 1 aromatic rings. The van der Waals surface area contributed by atoms with E-state index in [2.05, 4.69) is 26.0 Å². The summed E-state index contributed by atoms with van der Waals surface area (Å²) in [4.78, 5) is 0. The van der Waals surface area contributed by atoms with Crippen LogP contribution in [0.15, 0.2) is 18.2 Å². The molecule has 0 saturated heterocycles. The fraction of sp³-hybridized carbons (Fsp3) is 0.625. The Balaban J connectivity index is 2.28. The van der Waals surface area contributed by atoms with Crippen molar-refractivity contribution in [1.82, 2.24) is 0 Å². The highest BCUT2D eigenvalue weighted by atomic mass is 35.5. The first kappa shape index (κ1) is 14.2. The minimum absolute atomic E-state index is 0.599. The second-order valence-corrected chi connectivity index (χ2v) is 6.74. The molecule has 0 heterocycles. The van der Waals surface area contributed by atoms with Crippen molar-refractivity contribution in [2.24, 2.45) is 11.8 Å². The Bertz CT molecular complexity index is 372. The van der Waals surface area contributed by atoms with E-state index in [0.717, 1.165) is 16.0 Å². The summed E-state index contributed by atoms with van der Waals surface area (Å²) in [6, 6.07) is 6.03. The third-order valence-corrected chi connectivity index (χ3v) is 4.58. The van der Waals surface area contributed by atoms with E-state index in [1.54, 1.807) is 0 Å². The Morgan fingerprint density at radius 3 is 2.00 bits per heavy atom. The molecule has 0 N–H and O–H groups in total. The lowest BCUT2D eigenvalue weighted by atomic mass is 9.72. The zero-order valence-corrected chi connectivity index (χ0v) is 12.8. The summed E-state index contributed by atoms with van der Waals surface area (Å²) >= 11 is 12.3. The summed E-state index contributed by atoms with van der Waals surface area (Å²) in [5.74, 6) is 2.04. The van der Waals surface area contributed by atoms with Gasteiger partial charge in [0.25, 0.3) is 0 Å². The van der Waals surface area contributed by atoms with Gasteiger partial charge in [0.05, 0.1) is 0 Å². The van der Waals surface area contributed by atoms with Gasteiger partial charge >= 0.3 is 0 Å². The molecule has 1 aliphatic rings. The number of hydrogen-bond acceptors (Lipinski definition) is 0. The van der Waals surface area contributed by atoms with Gasteiger partial charge in [-0.2, -0.15) is 0 Å². The molecule has 0 amide bonds. The number of benzene rings is 1. The average Bonchev–Trinajstić information content (AvgIpc) is 2.28. The van der Waals surface area contributed by atoms with Crippen LogP contribution in [0.5, 0.6) is 0 Å². The van der Waals surface area contributed by atoms with E-state index >= 15 is 0 Å². The van der Waals surface area contributed by atoms with Gasteiger partial charge in [0.2, 0.25) is 0 Å². The number of hydrogen-bond donors (Lipinski definition) is 0. The SMILES string of the molecule is CC(C)C(c1cc(Cl)cc(Cl)c1)C1CCCCC1. The van der Waals surface area contributed by atoms with Gasteiger partial charge in [-0.3, -0.25) is 0 Å². The van der Waals surface area contributed by atoms with Gasteiger partial charge in [-0.05, 0) is 54.4 Å². The van der Waals surface area contributed by atoms with E-state index in [1.807, 2.05) is 6.07 Å². The highest BCUT2D eigenvalue weighted by Gasteiger charge is 2.27. The van der Waals surface area contributed by atoms with Crippen LogP contribution in [-0.2, 0) is 0 Å². The van der Waals surface area contributed by atoms with Crippen LogP contribution in [0, 0.1) is 11.8 Å². The molecule has 1 aliphatic carbocycles. The fourth-order valence-corrected chi connectivity index (χ4v) is 4.01. The van der Waals surface area contributed by atoms with Gasteiger partial charge in [0.15, 0.2) is 0 Å². The minimum atomic E-state index is 0.599. The minimum Gasteiger partial charge on any atom is -0.0843 e. The summed E-state index contributed by atoms with van der Waals surface area (Å²) in [6.45, 7) is 4.63. The standard InChI is InChI=1S/C16H22Cl2/c1-11(2)16(12-6-4-3-5-7-12)13-8-14(17)10-15(18)9-13/h8-12,16H,3-7H2,1-2H3. The van der Waals surface area contributed by atoms with Crippen molar-refractivity contribution < 1.29 is 0 Å². The van der Waals surface area contributed by atoms with Crippen LogP contribution in [-0.4, -0.2) is 0 Å². The predicted molar refractivity (Wildman–Crippen MR) is 80.6 cm³/mol. The molecule has 2 rings (SSSR count). The van der Waals surface area contributed by atoms with Crippen LogP contribution in [0.25, 0.3) is 0 Å². The smallest absolute Gasteiger partial charge is 0.0423 e. The Morgan fingerprint density at radius 1 is 0.944 bits per heavy atom. The summed E-state index contributed by atoms with van der Waals surface area (Å²) in [5, 5.41) is 1.53. The van der Waals surface area contributed by atoms with Crippen molar-refractivity contribution in [1.29, 1.82) is 0 Å². The molecule has 0 aliphatic heterocycles. The Hall–Kier alpha value is -0.200. The van der Waals surface area contributed by atoms with Gasteiger partial charge in [-0.1, -0.05) is 56.3 Å². The maximum Gasteiger partial charge on any atom is 0.0423 e. The molecule has 1 fully saturated rings. The first-order chi connectivity index (χ1) is 8.58. The molecule has 1 unspecified atom stereocenters. The largest absolute Gasteiger partial charge is 0.0843 e. The Kier molecular flexibility index (Phi) is 4.98. The molecule has 100 valence electrons. The van der Waals surface area contributed by atoms with E-state index < -0.39 is 0 Å². The monoisotopic (exact) mass is 284 g/mol. The van der Waals surface area contributed by atoms with Crippen LogP contribution < -0.4 is 0 Å². The molecular formula is C16H22Cl2. The van der Waals surface area contributed by atoms with E-state index in [-0.39, 0.29) is 0 Å². The molecule has 2 heteroatoms. The van der Waals surface area contributed by atoms with Crippen LogP contribution >= 0.6 is 23.2 Å². The highest BCUT2D eigenvalue weighted by Crippen LogP contribution is 2.41. The molecule has 18 heavy (non-hydrogen) atoms. The Morgan fingerprint density at radius 2 is 1.50 bits per heavy atom. The summed E-state index contributed by atoms with van der Waals surface area (Å²) in [5.41, 5.74) is 1.33. The molecule has 1 atom stereocenters. The van der Waals surface area contributed by atoms with E-state index in [9.17, 15) is 0 Å². The molecule has 1 aromatic carbocycles. The third kappa shape index (κ3) is 3.42. The highest BCUT2D eigenvalue weighted by molar-refractivity contribution is 6.34. The van der Waals surface area contributed by atoms with Gasteiger partial charge in [-0.15, -0.1) is 0 Å². The zero-order chi connectivity index (χ0) is 13.1. The molecule has 1 saturated carbocycles. The quantitative estimate of drug-likeness (QED) is 0.610. The number of rotatable bonds is 3. The van der Waals surface area contributed by atoms with Crippen LogP contribution in [0.1, 0.15) is 57.4 Å². The lowest BCUT2D eigenvalue weighted by Crippen LogP contribution is -2.20. The first-order valence-corrected chi connectivity index (χ1v) is 7.79. The van der Waals surface area contributed by atoms with Gasteiger partial charge in [-0.25, -0.2) is 0 Å². The van der Waals surface area contributed by atoms with Crippen molar-refractivity contribution in [2.75, 3.05) is 0 Å². The molecule has 0 radical (unpaired) electrons. The van der Waals surface area contributed by atoms with E-state index in [4.69, 9.17) is 23.2 Å². The fourth-order valence-electron chi connectivity index (χ4n) is 3.46. The van der Waals surface area contributed by atoms with Gasteiger partial charge < -0.3 is 0 Å². The van der Waals surface area contributed by atoms with E-state index in [1.165, 1.54) is 37.7 Å². The van der Waals surface area contributed by atoms with Gasteiger partial charge in [0.1, 0.15) is 0 Å². The summed E-state index contributed by atoms with van der Waals surface area (Å²) in [6.07, 6.45) is 6.86. The second kappa shape index (κ2) is 6.30. The maximum atomic E-state index is 6.15. The van der Waals surface area contributed by atoms with Crippen molar-refractivity contribution in [2.45, 2.75) is 51.9 Å². The summed E-state index contributed by atoms with van der Waals surface area (Å²) in [7, 11) is 0. The average molecular weight is 285 g/mol. The zero-order valence-electron chi connectivity index (χ0n) is 11.3. The van der Waals surface area contributed by atoms with Crippen LogP contribution in [0.2, 0.25) is 10.0 Å². The molecule has 0 spiro atoms. The second-order valence-electron chi connectivity index (χ2n) is 5.87. The first-order valence-electron chi connectivity index (χ1n) is 7.04. The number of halogens is 2. The molecular weight excluding hydrogens is 263 g/mol.